The summed E-state index contributed by atoms with van der Waals surface area (Å²) >= 11 is 0. The molecule has 1 saturated carbocycles. The van der Waals surface area contributed by atoms with Crippen molar-refractivity contribution in [3.8, 4) is 0 Å². The normalized spacial score (nSPS) is 27.9. The van der Waals surface area contributed by atoms with Crippen molar-refractivity contribution in [1.82, 2.24) is 5.32 Å². The van der Waals surface area contributed by atoms with Gasteiger partial charge >= 0.3 is 0 Å². The molecule has 0 aromatic rings. The number of nitrogens with one attached hydrogen (secondary N) is 1. The molecule has 100 valence electrons. The van der Waals surface area contributed by atoms with E-state index in [1.54, 1.807) is 0 Å². The lowest BCUT2D eigenvalue weighted by Gasteiger charge is -2.37. The molecule has 1 heterocycles. The largest absolute Gasteiger partial charge is 0.389 e. The van der Waals surface area contributed by atoms with Gasteiger partial charge in [0.2, 0.25) is 0 Å². The van der Waals surface area contributed by atoms with Crippen molar-refractivity contribution in [3.05, 3.63) is 0 Å². The van der Waals surface area contributed by atoms with Crippen LogP contribution in [0, 0.1) is 5.41 Å². The SMILES string of the molecule is CC1(CNCC2(O)CCCCC2)CCOCC1. The van der Waals surface area contributed by atoms with Gasteiger partial charge in [-0.05, 0) is 31.1 Å². The van der Waals surface area contributed by atoms with Crippen LogP contribution in [-0.2, 0) is 4.74 Å². The average molecular weight is 241 g/mol. The zero-order valence-corrected chi connectivity index (χ0v) is 11.1. The minimum Gasteiger partial charge on any atom is -0.389 e. The third kappa shape index (κ3) is 3.94. The Hall–Kier alpha value is -0.120. The van der Waals surface area contributed by atoms with Gasteiger partial charge in [-0.1, -0.05) is 26.2 Å². The van der Waals surface area contributed by atoms with E-state index in [9.17, 15) is 5.11 Å². The first kappa shape index (κ1) is 13.3. The maximum Gasteiger partial charge on any atom is 0.0771 e. The molecule has 1 saturated heterocycles. The second-order valence-electron chi connectivity index (χ2n) is 6.31. The third-order valence-electron chi connectivity index (χ3n) is 4.49. The summed E-state index contributed by atoms with van der Waals surface area (Å²) in [6.45, 7) is 5.89. The third-order valence-corrected chi connectivity index (χ3v) is 4.49. The Morgan fingerprint density at radius 1 is 1.00 bits per heavy atom. The van der Waals surface area contributed by atoms with E-state index in [2.05, 4.69) is 12.2 Å². The molecule has 3 heteroatoms. The average Bonchev–Trinajstić information content (AvgIpc) is 2.30. The number of hydrogen-bond acceptors (Lipinski definition) is 3. The molecule has 17 heavy (non-hydrogen) atoms. The maximum absolute atomic E-state index is 10.4. The summed E-state index contributed by atoms with van der Waals surface area (Å²) in [4.78, 5) is 0. The van der Waals surface area contributed by atoms with E-state index >= 15 is 0 Å². The van der Waals surface area contributed by atoms with Gasteiger partial charge in [0.05, 0.1) is 5.60 Å². The Labute approximate surface area is 105 Å². The van der Waals surface area contributed by atoms with E-state index in [-0.39, 0.29) is 0 Å². The highest BCUT2D eigenvalue weighted by molar-refractivity contribution is 4.86. The summed E-state index contributed by atoms with van der Waals surface area (Å²) in [5.74, 6) is 0. The fourth-order valence-corrected chi connectivity index (χ4v) is 3.02. The molecule has 0 spiro atoms. The molecule has 0 amide bonds. The molecular weight excluding hydrogens is 214 g/mol. The van der Waals surface area contributed by atoms with Gasteiger partial charge in [0, 0.05) is 26.3 Å². The van der Waals surface area contributed by atoms with Gasteiger partial charge in [0.1, 0.15) is 0 Å². The van der Waals surface area contributed by atoms with Gasteiger partial charge in [0.15, 0.2) is 0 Å². The zero-order valence-electron chi connectivity index (χ0n) is 11.1. The first-order valence-electron chi connectivity index (χ1n) is 7.13. The van der Waals surface area contributed by atoms with Crippen molar-refractivity contribution in [2.45, 2.75) is 57.5 Å². The van der Waals surface area contributed by atoms with E-state index in [0.717, 1.165) is 52.0 Å². The quantitative estimate of drug-likeness (QED) is 0.792. The van der Waals surface area contributed by atoms with Crippen LogP contribution in [0.2, 0.25) is 0 Å². The molecule has 0 unspecified atom stereocenters. The molecule has 0 atom stereocenters. The summed E-state index contributed by atoms with van der Waals surface area (Å²) in [6, 6.07) is 0. The second-order valence-corrected chi connectivity index (χ2v) is 6.31. The molecule has 3 nitrogen and oxygen atoms in total. The first-order chi connectivity index (χ1) is 8.12. The summed E-state index contributed by atoms with van der Waals surface area (Å²) in [6.07, 6.45) is 7.88. The highest BCUT2D eigenvalue weighted by atomic mass is 16.5. The van der Waals surface area contributed by atoms with Gasteiger partial charge < -0.3 is 15.2 Å². The minimum absolute atomic E-state index is 0.364. The van der Waals surface area contributed by atoms with Crippen LogP contribution in [0.25, 0.3) is 0 Å². The molecule has 0 bridgehead atoms. The topological polar surface area (TPSA) is 41.5 Å². The van der Waals surface area contributed by atoms with E-state index in [1.807, 2.05) is 0 Å². The van der Waals surface area contributed by atoms with Crippen LogP contribution in [-0.4, -0.2) is 37.0 Å². The molecular formula is C14H27NO2. The Morgan fingerprint density at radius 3 is 2.29 bits per heavy atom. The van der Waals surface area contributed by atoms with Crippen molar-refractivity contribution >= 4 is 0 Å². The lowest BCUT2D eigenvalue weighted by Crippen LogP contribution is -2.46. The van der Waals surface area contributed by atoms with Gasteiger partial charge in [-0.2, -0.15) is 0 Å². The van der Waals surface area contributed by atoms with Crippen molar-refractivity contribution in [2.75, 3.05) is 26.3 Å². The van der Waals surface area contributed by atoms with Crippen molar-refractivity contribution in [3.63, 3.8) is 0 Å². The summed E-state index contributed by atoms with van der Waals surface area (Å²) in [7, 11) is 0. The van der Waals surface area contributed by atoms with Crippen LogP contribution in [0.4, 0.5) is 0 Å². The van der Waals surface area contributed by atoms with E-state index in [4.69, 9.17) is 4.74 Å². The summed E-state index contributed by atoms with van der Waals surface area (Å²) < 4.78 is 5.40. The van der Waals surface area contributed by atoms with E-state index < -0.39 is 5.60 Å². The standard InChI is InChI=1S/C14H27NO2/c1-13(7-9-17-10-8-13)11-15-12-14(16)5-3-2-4-6-14/h15-16H,2-12H2,1H3. The number of hydrogen-bond donors (Lipinski definition) is 2. The number of rotatable bonds is 4. The van der Waals surface area contributed by atoms with Crippen LogP contribution < -0.4 is 5.32 Å². The Bertz CT molecular complexity index is 206. The number of aliphatic hydroxyl groups is 1. The van der Waals surface area contributed by atoms with Crippen LogP contribution in [0.5, 0.6) is 0 Å². The van der Waals surface area contributed by atoms with Gasteiger partial charge in [0.25, 0.3) is 0 Å². The highest BCUT2D eigenvalue weighted by Gasteiger charge is 2.31. The molecule has 2 aliphatic rings. The molecule has 1 aliphatic carbocycles. The molecule has 2 N–H and O–H groups in total. The van der Waals surface area contributed by atoms with Crippen LogP contribution in [0.3, 0.4) is 0 Å². The van der Waals surface area contributed by atoms with E-state index in [1.165, 1.54) is 19.3 Å². The van der Waals surface area contributed by atoms with Crippen molar-refractivity contribution in [1.29, 1.82) is 0 Å². The smallest absolute Gasteiger partial charge is 0.0771 e. The Kier molecular flexibility index (Phi) is 4.45. The lowest BCUT2D eigenvalue weighted by atomic mass is 9.81. The van der Waals surface area contributed by atoms with E-state index in [0.29, 0.717) is 5.41 Å². The summed E-state index contributed by atoms with van der Waals surface area (Å²) in [5.41, 5.74) is -0.0664. The number of ether oxygens (including phenoxy) is 1. The Morgan fingerprint density at radius 2 is 1.65 bits per heavy atom. The fourth-order valence-electron chi connectivity index (χ4n) is 3.02. The van der Waals surface area contributed by atoms with Gasteiger partial charge in [-0.15, -0.1) is 0 Å². The Balaban J connectivity index is 1.70. The first-order valence-corrected chi connectivity index (χ1v) is 7.13. The van der Waals surface area contributed by atoms with Crippen LogP contribution >= 0.6 is 0 Å². The zero-order chi connectivity index (χ0) is 12.2. The minimum atomic E-state index is -0.431. The monoisotopic (exact) mass is 241 g/mol. The highest BCUT2D eigenvalue weighted by Crippen LogP contribution is 2.30. The molecule has 0 aromatic heterocycles. The lowest BCUT2D eigenvalue weighted by molar-refractivity contribution is -0.00520. The molecule has 1 aliphatic heterocycles. The van der Waals surface area contributed by atoms with Crippen LogP contribution in [0.1, 0.15) is 51.9 Å². The van der Waals surface area contributed by atoms with Crippen LogP contribution in [0.15, 0.2) is 0 Å². The van der Waals surface area contributed by atoms with Crippen molar-refractivity contribution in [2.24, 2.45) is 5.41 Å². The predicted octanol–water partition coefficient (Wildman–Crippen LogP) is 2.09. The van der Waals surface area contributed by atoms with Crippen molar-refractivity contribution < 1.29 is 9.84 Å². The summed E-state index contributed by atoms with van der Waals surface area (Å²) in [5, 5.41) is 13.9. The molecule has 2 fully saturated rings. The van der Waals surface area contributed by atoms with Gasteiger partial charge in [-0.25, -0.2) is 0 Å². The predicted molar refractivity (Wildman–Crippen MR) is 69.1 cm³/mol. The molecule has 0 radical (unpaired) electrons. The fraction of sp³-hybridized carbons (Fsp3) is 1.00. The molecule has 0 aromatic carbocycles. The molecule has 2 rings (SSSR count). The second kappa shape index (κ2) is 5.68. The maximum atomic E-state index is 10.4. The van der Waals surface area contributed by atoms with Gasteiger partial charge in [-0.3, -0.25) is 0 Å².